The van der Waals surface area contributed by atoms with Gasteiger partial charge in [-0.25, -0.2) is 18.4 Å². The second-order valence-corrected chi connectivity index (χ2v) is 9.61. The van der Waals surface area contributed by atoms with Crippen LogP contribution < -0.4 is 20.5 Å². The number of urea groups is 1. The van der Waals surface area contributed by atoms with Crippen LogP contribution in [0.5, 0.6) is 5.75 Å². The molecule has 1 spiro atoms. The molecule has 8 nitrogen and oxygen atoms in total. The molecule has 4 N–H and O–H groups in total. The molecule has 0 aliphatic carbocycles. The summed E-state index contributed by atoms with van der Waals surface area (Å²) in [6.07, 6.45) is 2.52. The van der Waals surface area contributed by atoms with E-state index in [2.05, 4.69) is 22.6 Å². The van der Waals surface area contributed by atoms with Gasteiger partial charge in [-0.15, -0.1) is 0 Å². The number of hydrogen-bond acceptors (Lipinski definition) is 5. The number of nitrogens with zero attached hydrogens (tertiary/aromatic N) is 1. The summed E-state index contributed by atoms with van der Waals surface area (Å²) in [7, 11) is -1.66. The summed E-state index contributed by atoms with van der Waals surface area (Å²) in [6, 6.07) is 13.0. The molecule has 2 aliphatic rings. The molecule has 0 saturated carbocycles. The maximum atomic E-state index is 12.7. The smallest absolute Gasteiger partial charge is 0.319 e. The molecule has 2 aromatic rings. The maximum absolute atomic E-state index is 12.7. The Morgan fingerprint density at radius 3 is 2.47 bits per heavy atom. The molecule has 1 atom stereocenters. The minimum atomic E-state index is -3.77. The summed E-state index contributed by atoms with van der Waals surface area (Å²) in [4.78, 5) is 15.0. The first kappa shape index (κ1) is 20.6. The molecule has 9 heteroatoms. The highest BCUT2D eigenvalue weighted by Gasteiger charge is 2.43. The van der Waals surface area contributed by atoms with Gasteiger partial charge >= 0.3 is 6.03 Å². The van der Waals surface area contributed by atoms with Crippen molar-refractivity contribution in [2.75, 3.05) is 25.5 Å². The Labute approximate surface area is 176 Å². The van der Waals surface area contributed by atoms with E-state index in [-0.39, 0.29) is 22.6 Å². The van der Waals surface area contributed by atoms with Gasteiger partial charge in [-0.1, -0.05) is 18.2 Å². The molecule has 160 valence electrons. The van der Waals surface area contributed by atoms with Crippen molar-refractivity contribution in [1.29, 1.82) is 0 Å². The van der Waals surface area contributed by atoms with Crippen molar-refractivity contribution in [3.8, 4) is 5.75 Å². The number of amides is 2. The molecule has 1 saturated heterocycles. The highest BCUT2D eigenvalue weighted by molar-refractivity contribution is 7.89. The quantitative estimate of drug-likeness (QED) is 0.692. The molecule has 0 bridgehead atoms. The molecule has 0 aromatic heterocycles. The average Bonchev–Trinajstić information content (AvgIpc) is 2.70. The van der Waals surface area contributed by atoms with Gasteiger partial charge in [-0.3, -0.25) is 0 Å². The van der Waals surface area contributed by atoms with Gasteiger partial charge in [0.1, 0.15) is 11.4 Å². The molecule has 4 rings (SSSR count). The lowest BCUT2D eigenvalue weighted by Crippen LogP contribution is -2.51. The van der Waals surface area contributed by atoms with E-state index >= 15 is 0 Å². The molecular formula is C21H26N4O4S. The van der Waals surface area contributed by atoms with Crippen LogP contribution in [-0.2, 0) is 10.0 Å². The zero-order valence-corrected chi connectivity index (χ0v) is 17.6. The highest BCUT2D eigenvalue weighted by atomic mass is 32.2. The first-order chi connectivity index (χ1) is 14.2. The molecule has 0 radical (unpaired) electrons. The molecular weight excluding hydrogens is 404 g/mol. The predicted octanol–water partition coefficient (Wildman–Crippen LogP) is 2.44. The van der Waals surface area contributed by atoms with Crippen molar-refractivity contribution in [2.45, 2.75) is 35.8 Å². The van der Waals surface area contributed by atoms with Crippen LogP contribution in [0.15, 0.2) is 53.4 Å². The summed E-state index contributed by atoms with van der Waals surface area (Å²) >= 11 is 0. The van der Waals surface area contributed by atoms with Crippen LogP contribution in [0.4, 0.5) is 10.5 Å². The van der Waals surface area contributed by atoms with Gasteiger partial charge < -0.3 is 20.3 Å². The normalized spacial score (nSPS) is 20.8. The van der Waals surface area contributed by atoms with E-state index in [9.17, 15) is 13.2 Å². The van der Waals surface area contributed by atoms with Crippen LogP contribution >= 0.6 is 0 Å². The van der Waals surface area contributed by atoms with Gasteiger partial charge in [-0.2, -0.15) is 0 Å². The first-order valence-electron chi connectivity index (χ1n) is 9.91. The molecule has 1 fully saturated rings. The number of fused-ring (bicyclic) bond motifs is 1. The molecule has 2 heterocycles. The number of sulfonamides is 1. The SMILES string of the molecule is CN1CCC2(CC1)C[C@H](NC(=O)Nc1ccc(S(N)(=O)=O)cc1)c1ccccc1O2. The van der Waals surface area contributed by atoms with Crippen molar-refractivity contribution in [3.63, 3.8) is 0 Å². The summed E-state index contributed by atoms with van der Waals surface area (Å²) in [5.74, 6) is 0.816. The number of primary sulfonamides is 1. The Bertz CT molecular complexity index is 1030. The Morgan fingerprint density at radius 2 is 1.80 bits per heavy atom. The minimum Gasteiger partial charge on any atom is -0.487 e. The molecule has 0 unspecified atom stereocenters. The number of piperidine rings is 1. The molecule has 30 heavy (non-hydrogen) atoms. The zero-order valence-electron chi connectivity index (χ0n) is 16.8. The van der Waals surface area contributed by atoms with Crippen LogP contribution in [0.1, 0.15) is 30.9 Å². The van der Waals surface area contributed by atoms with Crippen LogP contribution in [-0.4, -0.2) is 45.1 Å². The summed E-state index contributed by atoms with van der Waals surface area (Å²) in [5, 5.41) is 10.9. The van der Waals surface area contributed by atoms with Crippen LogP contribution in [0.25, 0.3) is 0 Å². The van der Waals surface area contributed by atoms with Gasteiger partial charge in [-0.05, 0) is 50.2 Å². The van der Waals surface area contributed by atoms with Gasteiger partial charge in [0.25, 0.3) is 0 Å². The monoisotopic (exact) mass is 430 g/mol. The lowest BCUT2D eigenvalue weighted by molar-refractivity contribution is -0.0188. The predicted molar refractivity (Wildman–Crippen MR) is 114 cm³/mol. The Morgan fingerprint density at radius 1 is 1.13 bits per heavy atom. The number of ether oxygens (including phenoxy) is 1. The van der Waals surface area contributed by atoms with E-state index in [0.29, 0.717) is 12.1 Å². The second kappa shape index (κ2) is 7.90. The topological polar surface area (TPSA) is 114 Å². The van der Waals surface area contributed by atoms with E-state index in [1.807, 2.05) is 24.3 Å². The lowest BCUT2D eigenvalue weighted by atomic mass is 9.80. The number of carbonyl (C=O) groups excluding carboxylic acids is 1. The fourth-order valence-corrected chi connectivity index (χ4v) is 4.65. The van der Waals surface area contributed by atoms with Crippen molar-refractivity contribution >= 4 is 21.7 Å². The van der Waals surface area contributed by atoms with Gasteiger partial charge in [0.05, 0.1) is 10.9 Å². The van der Waals surface area contributed by atoms with E-state index in [1.165, 1.54) is 24.3 Å². The number of benzene rings is 2. The first-order valence-corrected chi connectivity index (χ1v) is 11.5. The van der Waals surface area contributed by atoms with Gasteiger partial charge in [0, 0.05) is 30.8 Å². The number of carbonyl (C=O) groups is 1. The van der Waals surface area contributed by atoms with Crippen molar-refractivity contribution in [1.82, 2.24) is 10.2 Å². The minimum absolute atomic E-state index is 0.00368. The third kappa shape index (κ3) is 4.43. The third-order valence-corrected chi connectivity index (χ3v) is 6.77. The van der Waals surface area contributed by atoms with Gasteiger partial charge in [0.2, 0.25) is 10.0 Å². The number of hydrogen-bond donors (Lipinski definition) is 3. The largest absolute Gasteiger partial charge is 0.487 e. The number of anilines is 1. The van der Waals surface area contributed by atoms with E-state index < -0.39 is 10.0 Å². The van der Waals surface area contributed by atoms with Crippen LogP contribution in [0.3, 0.4) is 0 Å². The summed E-state index contributed by atoms with van der Waals surface area (Å²) < 4.78 is 29.2. The number of nitrogens with two attached hydrogens (primary N) is 1. The second-order valence-electron chi connectivity index (χ2n) is 8.05. The van der Waals surface area contributed by atoms with Crippen molar-refractivity contribution in [3.05, 3.63) is 54.1 Å². The number of likely N-dealkylation sites (tertiary alicyclic amines) is 1. The summed E-state index contributed by atoms with van der Waals surface area (Å²) in [5.41, 5.74) is 1.16. The van der Waals surface area contributed by atoms with E-state index in [4.69, 9.17) is 9.88 Å². The fraction of sp³-hybridized carbons (Fsp3) is 0.381. The number of para-hydroxylation sites is 1. The maximum Gasteiger partial charge on any atom is 0.319 e. The van der Waals surface area contributed by atoms with E-state index in [1.54, 1.807) is 0 Å². The van der Waals surface area contributed by atoms with E-state index in [0.717, 1.165) is 37.2 Å². The Hall–Kier alpha value is -2.62. The fourth-order valence-electron chi connectivity index (χ4n) is 4.13. The van der Waals surface area contributed by atoms with Gasteiger partial charge in [0.15, 0.2) is 0 Å². The highest BCUT2D eigenvalue weighted by Crippen LogP contribution is 2.44. The molecule has 2 amide bonds. The lowest BCUT2D eigenvalue weighted by Gasteiger charge is -2.46. The number of rotatable bonds is 3. The van der Waals surface area contributed by atoms with Crippen molar-refractivity contribution in [2.24, 2.45) is 5.14 Å². The average molecular weight is 431 g/mol. The van der Waals surface area contributed by atoms with Crippen molar-refractivity contribution < 1.29 is 17.9 Å². The van der Waals surface area contributed by atoms with Crippen LogP contribution in [0, 0.1) is 0 Å². The zero-order chi connectivity index (χ0) is 21.4. The Balaban J connectivity index is 1.49. The van der Waals surface area contributed by atoms with Crippen LogP contribution in [0.2, 0.25) is 0 Å². The standard InChI is InChI=1S/C21H26N4O4S/c1-25-12-10-21(11-13-25)14-18(17-4-2-3-5-19(17)29-21)24-20(26)23-15-6-8-16(9-7-15)30(22,27)28/h2-9,18H,10-14H2,1H3,(H2,22,27,28)(H2,23,24,26)/t18-/m0/s1. The Kier molecular flexibility index (Phi) is 5.44. The number of nitrogens with one attached hydrogen (secondary N) is 2. The third-order valence-electron chi connectivity index (χ3n) is 5.84. The summed E-state index contributed by atoms with van der Waals surface area (Å²) in [6.45, 7) is 1.91. The molecule has 2 aliphatic heterocycles. The molecule has 2 aromatic carbocycles.